The highest BCUT2D eigenvalue weighted by Crippen LogP contribution is 2.34. The van der Waals surface area contributed by atoms with Crippen molar-refractivity contribution in [3.8, 4) is 0 Å². The molecular weight excluding hydrogens is 418 g/mol. The SMILES string of the molecule is BC/C=C\C(=C/C=C)OCC(=O)Nc1ccc(CN2CCN(CC)CC2)c(C(F)(F)F)c1. The number of rotatable bonds is 10. The molecule has 0 spiro atoms. The molecule has 1 heterocycles. The summed E-state index contributed by atoms with van der Waals surface area (Å²) in [7, 11) is 1.96. The number of carbonyl (C=O) groups excluding carboxylic acids is 1. The fraction of sp³-hybridized carbons (Fsp3) is 0.435. The van der Waals surface area contributed by atoms with Crippen molar-refractivity contribution in [1.82, 2.24) is 9.80 Å². The van der Waals surface area contributed by atoms with E-state index >= 15 is 0 Å². The molecule has 0 radical (unpaired) electrons. The molecule has 5 nitrogen and oxygen atoms in total. The third-order valence-electron chi connectivity index (χ3n) is 5.17. The van der Waals surface area contributed by atoms with Crippen LogP contribution in [0, 0.1) is 0 Å². The minimum atomic E-state index is -4.51. The van der Waals surface area contributed by atoms with Crippen LogP contribution >= 0.6 is 0 Å². The quantitative estimate of drug-likeness (QED) is 0.338. The molecule has 1 saturated heterocycles. The van der Waals surface area contributed by atoms with Crippen molar-refractivity contribution in [2.24, 2.45) is 0 Å². The number of halogens is 3. The maximum atomic E-state index is 13.7. The number of benzene rings is 1. The first-order valence-corrected chi connectivity index (χ1v) is 10.8. The number of hydrogen-bond donors (Lipinski definition) is 1. The summed E-state index contributed by atoms with van der Waals surface area (Å²) in [5.74, 6) is -0.0899. The number of nitrogens with zero attached hydrogens (tertiary/aromatic N) is 2. The lowest BCUT2D eigenvalue weighted by molar-refractivity contribution is -0.138. The molecule has 0 saturated carbocycles. The molecule has 2 rings (SSSR count). The number of nitrogens with one attached hydrogen (secondary N) is 1. The van der Waals surface area contributed by atoms with Crippen molar-refractivity contribution in [3.05, 3.63) is 66.0 Å². The van der Waals surface area contributed by atoms with Crippen molar-refractivity contribution < 1.29 is 22.7 Å². The fourth-order valence-electron chi connectivity index (χ4n) is 3.41. The van der Waals surface area contributed by atoms with Gasteiger partial charge in [-0.05, 0) is 36.4 Å². The Morgan fingerprint density at radius 3 is 2.53 bits per heavy atom. The van der Waals surface area contributed by atoms with Crippen molar-refractivity contribution in [1.29, 1.82) is 0 Å². The van der Waals surface area contributed by atoms with E-state index in [9.17, 15) is 18.0 Å². The van der Waals surface area contributed by atoms with E-state index in [4.69, 9.17) is 4.74 Å². The molecule has 1 aromatic rings. The lowest BCUT2D eigenvalue weighted by Crippen LogP contribution is -2.45. The van der Waals surface area contributed by atoms with Gasteiger partial charge in [0.1, 0.15) is 13.6 Å². The normalized spacial score (nSPS) is 16.3. The van der Waals surface area contributed by atoms with Crippen LogP contribution in [0.25, 0.3) is 0 Å². The van der Waals surface area contributed by atoms with Gasteiger partial charge >= 0.3 is 6.18 Å². The minimum Gasteiger partial charge on any atom is -0.484 e. The first kappa shape index (κ1) is 25.7. The van der Waals surface area contributed by atoms with Gasteiger partial charge in [0.2, 0.25) is 0 Å². The van der Waals surface area contributed by atoms with Crippen LogP contribution in [0.5, 0.6) is 0 Å². The molecule has 174 valence electrons. The maximum Gasteiger partial charge on any atom is 0.416 e. The Bertz CT molecular complexity index is 832. The van der Waals surface area contributed by atoms with Crippen LogP contribution in [0.1, 0.15) is 18.1 Å². The number of piperazine rings is 1. The third kappa shape index (κ3) is 8.20. The second kappa shape index (κ2) is 12.5. The molecule has 1 aromatic carbocycles. The second-order valence-electron chi connectivity index (χ2n) is 7.53. The molecule has 1 fully saturated rings. The molecule has 0 aromatic heterocycles. The van der Waals surface area contributed by atoms with Gasteiger partial charge in [-0.25, -0.2) is 0 Å². The van der Waals surface area contributed by atoms with Crippen LogP contribution in [0.4, 0.5) is 18.9 Å². The summed E-state index contributed by atoms with van der Waals surface area (Å²) in [6, 6.07) is 3.94. The van der Waals surface area contributed by atoms with Crippen molar-refractivity contribution in [2.75, 3.05) is 44.6 Å². The lowest BCUT2D eigenvalue weighted by Gasteiger charge is -2.34. The Balaban J connectivity index is 2.05. The van der Waals surface area contributed by atoms with E-state index in [1.54, 1.807) is 12.2 Å². The van der Waals surface area contributed by atoms with Gasteiger partial charge in [-0.1, -0.05) is 38.0 Å². The number of alkyl halides is 3. The van der Waals surface area contributed by atoms with E-state index in [-0.39, 0.29) is 24.4 Å². The molecule has 32 heavy (non-hydrogen) atoms. The number of likely N-dealkylation sites (N-methyl/N-ethyl adjacent to an activating group) is 1. The van der Waals surface area contributed by atoms with E-state index in [1.165, 1.54) is 18.2 Å². The van der Waals surface area contributed by atoms with Crippen molar-refractivity contribution >= 4 is 19.4 Å². The number of amides is 1. The largest absolute Gasteiger partial charge is 0.484 e. The van der Waals surface area contributed by atoms with E-state index < -0.39 is 17.6 Å². The number of anilines is 1. The van der Waals surface area contributed by atoms with Gasteiger partial charge in [0, 0.05) is 38.4 Å². The number of hydrogen-bond acceptors (Lipinski definition) is 4. The summed E-state index contributed by atoms with van der Waals surface area (Å²) in [5, 5.41) is 2.49. The van der Waals surface area contributed by atoms with Crippen LogP contribution in [0.3, 0.4) is 0 Å². The molecule has 0 unspecified atom stereocenters. The zero-order chi connectivity index (χ0) is 23.6. The van der Waals surface area contributed by atoms with E-state index in [0.717, 1.165) is 45.1 Å². The average Bonchev–Trinajstić information content (AvgIpc) is 2.76. The highest BCUT2D eigenvalue weighted by molar-refractivity contribution is 6.09. The Hall–Kier alpha value is -2.52. The smallest absolute Gasteiger partial charge is 0.416 e. The summed E-state index contributed by atoms with van der Waals surface area (Å²) in [6.07, 6.45) is 3.00. The van der Waals surface area contributed by atoms with E-state index in [0.29, 0.717) is 5.76 Å². The van der Waals surface area contributed by atoms with Crippen LogP contribution < -0.4 is 5.32 Å². The summed E-state index contributed by atoms with van der Waals surface area (Å²) < 4.78 is 46.5. The average molecular weight is 449 g/mol. The third-order valence-corrected chi connectivity index (χ3v) is 5.17. The number of carbonyl (C=O) groups is 1. The molecule has 0 bridgehead atoms. The Kier molecular flexibility index (Phi) is 10.1. The van der Waals surface area contributed by atoms with Gasteiger partial charge in [-0.3, -0.25) is 9.69 Å². The summed E-state index contributed by atoms with van der Waals surface area (Å²) in [6.45, 7) is 9.67. The molecule has 1 aliphatic heterocycles. The maximum absolute atomic E-state index is 13.7. The predicted molar refractivity (Wildman–Crippen MR) is 124 cm³/mol. The van der Waals surface area contributed by atoms with Crippen molar-refractivity contribution in [2.45, 2.75) is 26.0 Å². The second-order valence-corrected chi connectivity index (χ2v) is 7.53. The molecule has 9 heteroatoms. The zero-order valence-electron chi connectivity index (χ0n) is 18.8. The van der Waals surface area contributed by atoms with Gasteiger partial charge in [-0.2, -0.15) is 13.2 Å². The topological polar surface area (TPSA) is 44.8 Å². The first-order valence-electron chi connectivity index (χ1n) is 10.8. The molecule has 1 amide bonds. The summed E-state index contributed by atoms with van der Waals surface area (Å²) in [5.41, 5.74) is -0.436. The Morgan fingerprint density at radius 1 is 1.25 bits per heavy atom. The number of ether oxygens (including phenoxy) is 1. The van der Waals surface area contributed by atoms with Gasteiger partial charge in [0.25, 0.3) is 5.91 Å². The minimum absolute atomic E-state index is 0.0869. The fourth-order valence-corrected chi connectivity index (χ4v) is 3.41. The molecule has 0 aliphatic carbocycles. The lowest BCUT2D eigenvalue weighted by atomic mass is 10.0. The van der Waals surface area contributed by atoms with Crippen molar-refractivity contribution in [3.63, 3.8) is 0 Å². The summed E-state index contributed by atoms with van der Waals surface area (Å²) in [4.78, 5) is 16.5. The zero-order valence-corrected chi connectivity index (χ0v) is 18.8. The Morgan fingerprint density at radius 2 is 1.94 bits per heavy atom. The van der Waals surface area contributed by atoms with E-state index in [2.05, 4.69) is 23.7 Å². The first-order chi connectivity index (χ1) is 15.3. The standard InChI is InChI=1S/C23H31BF3N3O2/c1-3-6-20(7-5-10-24)32-17-22(31)28-19-9-8-18(21(15-19)23(25,26)27)16-30-13-11-29(4-2)12-14-30/h3,5-9,15H,1,4,10-14,16-17,24H2,2H3,(H,28,31)/b7-5-,20-6+. The molecule has 0 atom stereocenters. The summed E-state index contributed by atoms with van der Waals surface area (Å²) >= 11 is 0. The Labute approximate surface area is 189 Å². The monoisotopic (exact) mass is 449 g/mol. The molecule has 1 N–H and O–H groups in total. The number of allylic oxidation sites excluding steroid dienone is 4. The molecular formula is C23H31BF3N3O2. The van der Waals surface area contributed by atoms with Gasteiger partial charge < -0.3 is 15.0 Å². The molecule has 1 aliphatic rings. The van der Waals surface area contributed by atoms with Crippen LogP contribution in [-0.4, -0.2) is 62.9 Å². The van der Waals surface area contributed by atoms with Crippen LogP contribution in [0.2, 0.25) is 6.32 Å². The van der Waals surface area contributed by atoms with E-state index in [1.807, 2.05) is 18.8 Å². The van der Waals surface area contributed by atoms with Crippen LogP contribution in [0.15, 0.2) is 54.8 Å². The highest BCUT2D eigenvalue weighted by atomic mass is 19.4. The van der Waals surface area contributed by atoms with Crippen LogP contribution in [-0.2, 0) is 22.3 Å². The highest BCUT2D eigenvalue weighted by Gasteiger charge is 2.34. The predicted octanol–water partition coefficient (Wildman–Crippen LogP) is 3.48. The van der Waals surface area contributed by atoms with Gasteiger partial charge in [-0.15, -0.1) is 0 Å². The van der Waals surface area contributed by atoms with Gasteiger partial charge in [0.15, 0.2) is 6.61 Å². The van der Waals surface area contributed by atoms with Gasteiger partial charge in [0.05, 0.1) is 5.56 Å².